The minimum atomic E-state index is -0.808. The van der Waals surface area contributed by atoms with Gasteiger partial charge in [-0.15, -0.1) is 0 Å². The summed E-state index contributed by atoms with van der Waals surface area (Å²) in [5.41, 5.74) is 0.898. The van der Waals surface area contributed by atoms with E-state index in [1.807, 2.05) is 0 Å². The maximum atomic E-state index is 13.5. The summed E-state index contributed by atoms with van der Waals surface area (Å²) < 4.78 is 26.6. The molecular formula is C12H16F2N2. The van der Waals surface area contributed by atoms with Crippen LogP contribution in [0.2, 0.25) is 0 Å². The van der Waals surface area contributed by atoms with Crippen molar-refractivity contribution in [3.63, 3.8) is 0 Å². The van der Waals surface area contributed by atoms with Crippen LogP contribution in [0.4, 0.5) is 20.2 Å². The lowest BCUT2D eigenvalue weighted by Gasteiger charge is -2.32. The number of hydrogen-bond donors (Lipinski definition) is 2. The predicted molar refractivity (Wildman–Crippen MR) is 61.7 cm³/mol. The van der Waals surface area contributed by atoms with Gasteiger partial charge in [0, 0.05) is 12.6 Å². The topological polar surface area (TPSA) is 24.1 Å². The molecule has 0 radical (unpaired) electrons. The molecule has 2 N–H and O–H groups in total. The van der Waals surface area contributed by atoms with Crippen LogP contribution >= 0.6 is 0 Å². The van der Waals surface area contributed by atoms with Crippen molar-refractivity contribution in [2.24, 2.45) is 5.92 Å². The van der Waals surface area contributed by atoms with E-state index in [1.165, 1.54) is 0 Å². The standard InChI is InChI=1S/C12H16F2N2/c1-3-7(2)10-6-15-9-5-4-8(13)11(14)12(9)16-10/h4-5,7,10,15-16H,3,6H2,1-2H3. The SMILES string of the molecule is CCC(C)C1CNc2ccc(F)c(F)c2N1. The van der Waals surface area contributed by atoms with Gasteiger partial charge in [0.2, 0.25) is 0 Å². The largest absolute Gasteiger partial charge is 0.381 e. The highest BCUT2D eigenvalue weighted by Crippen LogP contribution is 2.32. The summed E-state index contributed by atoms with van der Waals surface area (Å²) in [6.07, 6.45) is 1.01. The molecule has 2 rings (SSSR count). The number of hydrogen-bond acceptors (Lipinski definition) is 2. The van der Waals surface area contributed by atoms with E-state index in [9.17, 15) is 8.78 Å². The zero-order chi connectivity index (χ0) is 11.7. The molecule has 1 aromatic carbocycles. The van der Waals surface area contributed by atoms with Gasteiger partial charge in [0.15, 0.2) is 11.6 Å². The molecule has 88 valence electrons. The van der Waals surface area contributed by atoms with Crippen LogP contribution in [-0.2, 0) is 0 Å². The van der Waals surface area contributed by atoms with Crippen molar-refractivity contribution >= 4 is 11.4 Å². The van der Waals surface area contributed by atoms with Crippen molar-refractivity contribution in [1.82, 2.24) is 0 Å². The third-order valence-corrected chi connectivity index (χ3v) is 3.27. The Morgan fingerprint density at radius 1 is 1.44 bits per heavy atom. The quantitative estimate of drug-likeness (QED) is 0.809. The van der Waals surface area contributed by atoms with E-state index in [0.29, 0.717) is 11.6 Å². The van der Waals surface area contributed by atoms with Gasteiger partial charge in [0.25, 0.3) is 0 Å². The van der Waals surface area contributed by atoms with Gasteiger partial charge in [0.1, 0.15) is 0 Å². The Bertz CT molecular complexity index is 393. The molecule has 0 aromatic heterocycles. The molecule has 0 saturated carbocycles. The fourth-order valence-electron chi connectivity index (χ4n) is 1.92. The molecule has 0 amide bonds. The van der Waals surface area contributed by atoms with Crippen molar-refractivity contribution in [2.75, 3.05) is 17.2 Å². The molecular weight excluding hydrogens is 210 g/mol. The van der Waals surface area contributed by atoms with E-state index in [4.69, 9.17) is 0 Å². The molecule has 0 aliphatic carbocycles. The molecule has 1 aliphatic heterocycles. The summed E-state index contributed by atoms with van der Waals surface area (Å²) in [7, 11) is 0. The summed E-state index contributed by atoms with van der Waals surface area (Å²) in [5.74, 6) is -1.18. The van der Waals surface area contributed by atoms with E-state index in [1.54, 1.807) is 6.07 Å². The number of rotatable bonds is 2. The zero-order valence-corrected chi connectivity index (χ0v) is 9.48. The van der Waals surface area contributed by atoms with Crippen molar-refractivity contribution in [3.05, 3.63) is 23.8 Å². The average molecular weight is 226 g/mol. The van der Waals surface area contributed by atoms with E-state index >= 15 is 0 Å². The smallest absolute Gasteiger partial charge is 0.183 e. The Morgan fingerprint density at radius 3 is 2.88 bits per heavy atom. The first-order valence-electron chi connectivity index (χ1n) is 5.62. The van der Waals surface area contributed by atoms with Crippen LogP contribution in [0, 0.1) is 17.6 Å². The summed E-state index contributed by atoms with van der Waals surface area (Å²) in [5, 5.41) is 6.21. The summed E-state index contributed by atoms with van der Waals surface area (Å²) in [6, 6.07) is 2.86. The Hall–Kier alpha value is -1.32. The van der Waals surface area contributed by atoms with Gasteiger partial charge < -0.3 is 10.6 Å². The second kappa shape index (κ2) is 4.28. The molecule has 16 heavy (non-hydrogen) atoms. The van der Waals surface area contributed by atoms with Gasteiger partial charge >= 0.3 is 0 Å². The molecule has 2 nitrogen and oxygen atoms in total. The minimum absolute atomic E-state index is 0.147. The lowest BCUT2D eigenvalue weighted by molar-refractivity contribution is 0.467. The molecule has 0 bridgehead atoms. The fourth-order valence-corrected chi connectivity index (χ4v) is 1.92. The van der Waals surface area contributed by atoms with Gasteiger partial charge in [-0.2, -0.15) is 0 Å². The molecule has 1 aliphatic rings. The molecule has 2 unspecified atom stereocenters. The van der Waals surface area contributed by atoms with Crippen LogP contribution in [0.1, 0.15) is 20.3 Å². The Morgan fingerprint density at radius 2 is 2.19 bits per heavy atom. The molecule has 2 atom stereocenters. The Kier molecular flexibility index (Phi) is 2.99. The molecule has 1 heterocycles. The number of halogens is 2. The van der Waals surface area contributed by atoms with Crippen LogP contribution in [0.25, 0.3) is 0 Å². The molecule has 4 heteroatoms. The van der Waals surface area contributed by atoms with Gasteiger partial charge in [-0.25, -0.2) is 8.78 Å². The fraction of sp³-hybridized carbons (Fsp3) is 0.500. The summed E-state index contributed by atoms with van der Waals surface area (Å²) in [4.78, 5) is 0. The second-order valence-corrected chi connectivity index (χ2v) is 4.30. The summed E-state index contributed by atoms with van der Waals surface area (Å²) >= 11 is 0. The first kappa shape index (κ1) is 11.2. The maximum absolute atomic E-state index is 13.5. The third-order valence-electron chi connectivity index (χ3n) is 3.27. The van der Waals surface area contributed by atoms with Crippen LogP contribution in [0.5, 0.6) is 0 Å². The van der Waals surface area contributed by atoms with Crippen molar-refractivity contribution in [1.29, 1.82) is 0 Å². The highest BCUT2D eigenvalue weighted by Gasteiger charge is 2.24. The van der Waals surface area contributed by atoms with Crippen LogP contribution in [0.15, 0.2) is 12.1 Å². The van der Waals surface area contributed by atoms with Crippen molar-refractivity contribution < 1.29 is 8.78 Å². The third kappa shape index (κ3) is 1.84. The van der Waals surface area contributed by atoms with Gasteiger partial charge in [-0.1, -0.05) is 20.3 Å². The second-order valence-electron chi connectivity index (χ2n) is 4.30. The van der Waals surface area contributed by atoms with Gasteiger partial charge in [-0.3, -0.25) is 0 Å². The maximum Gasteiger partial charge on any atom is 0.183 e. The zero-order valence-electron chi connectivity index (χ0n) is 9.48. The van der Waals surface area contributed by atoms with E-state index in [-0.39, 0.29) is 11.7 Å². The van der Waals surface area contributed by atoms with Gasteiger partial charge in [0.05, 0.1) is 11.4 Å². The first-order valence-corrected chi connectivity index (χ1v) is 5.62. The lowest BCUT2D eigenvalue weighted by Crippen LogP contribution is -2.38. The van der Waals surface area contributed by atoms with E-state index in [0.717, 1.165) is 19.0 Å². The highest BCUT2D eigenvalue weighted by molar-refractivity contribution is 5.72. The Labute approximate surface area is 94.0 Å². The van der Waals surface area contributed by atoms with Gasteiger partial charge in [-0.05, 0) is 18.1 Å². The molecule has 0 spiro atoms. The van der Waals surface area contributed by atoms with E-state index in [2.05, 4.69) is 24.5 Å². The number of benzene rings is 1. The average Bonchev–Trinajstić information content (AvgIpc) is 2.32. The van der Waals surface area contributed by atoms with Crippen molar-refractivity contribution in [3.8, 4) is 0 Å². The van der Waals surface area contributed by atoms with Crippen LogP contribution in [-0.4, -0.2) is 12.6 Å². The molecule has 1 aromatic rings. The van der Waals surface area contributed by atoms with Crippen LogP contribution < -0.4 is 10.6 Å². The Balaban J connectivity index is 2.28. The molecule has 0 saturated heterocycles. The monoisotopic (exact) mass is 226 g/mol. The predicted octanol–water partition coefficient (Wildman–Crippen LogP) is 3.22. The number of nitrogens with one attached hydrogen (secondary N) is 2. The number of fused-ring (bicyclic) bond motifs is 1. The first-order chi connectivity index (χ1) is 7.63. The normalized spacial score (nSPS) is 20.6. The van der Waals surface area contributed by atoms with Crippen molar-refractivity contribution in [2.45, 2.75) is 26.3 Å². The molecule has 0 fully saturated rings. The minimum Gasteiger partial charge on any atom is -0.381 e. The summed E-state index contributed by atoms with van der Waals surface area (Å²) in [6.45, 7) is 4.93. The number of anilines is 2. The van der Waals surface area contributed by atoms with E-state index < -0.39 is 11.6 Å². The van der Waals surface area contributed by atoms with Crippen LogP contribution in [0.3, 0.4) is 0 Å². The lowest BCUT2D eigenvalue weighted by atomic mass is 9.97. The highest BCUT2D eigenvalue weighted by atomic mass is 19.2.